The fourth-order valence-corrected chi connectivity index (χ4v) is 2.59. The lowest BCUT2D eigenvalue weighted by Gasteiger charge is -2.38. The molecule has 1 aliphatic carbocycles. The van der Waals surface area contributed by atoms with Crippen LogP contribution in [0.25, 0.3) is 0 Å². The first-order chi connectivity index (χ1) is 9.73. The van der Waals surface area contributed by atoms with Gasteiger partial charge in [-0.3, -0.25) is 10.2 Å². The molecule has 0 heterocycles. The molecule has 6 heteroatoms. The zero-order valence-corrected chi connectivity index (χ0v) is 13.7. The van der Waals surface area contributed by atoms with Crippen molar-refractivity contribution < 1.29 is 19.1 Å². The second-order valence-electron chi connectivity index (χ2n) is 6.78. The van der Waals surface area contributed by atoms with E-state index in [1.54, 1.807) is 0 Å². The van der Waals surface area contributed by atoms with E-state index in [0.717, 1.165) is 25.7 Å². The third-order valence-electron chi connectivity index (χ3n) is 3.46. The van der Waals surface area contributed by atoms with Gasteiger partial charge in [0.2, 0.25) is 0 Å². The molecule has 21 heavy (non-hydrogen) atoms. The summed E-state index contributed by atoms with van der Waals surface area (Å²) in [6.07, 6.45) is 2.99. The molecule has 0 bridgehead atoms. The van der Waals surface area contributed by atoms with Crippen LogP contribution in [0.5, 0.6) is 0 Å². The van der Waals surface area contributed by atoms with Crippen molar-refractivity contribution in [1.82, 2.24) is 10.4 Å². The Bertz CT molecular complexity index is 344. The van der Waals surface area contributed by atoms with Crippen LogP contribution in [0.2, 0.25) is 0 Å². The van der Waals surface area contributed by atoms with Gasteiger partial charge in [0.05, 0.1) is 0 Å². The number of hydrogen-bond donors (Lipinski definition) is 1. The van der Waals surface area contributed by atoms with Crippen molar-refractivity contribution in [3.05, 3.63) is 0 Å². The molecular weight excluding hydrogens is 272 g/mol. The fourth-order valence-electron chi connectivity index (χ4n) is 2.59. The Morgan fingerprint density at radius 3 is 2.24 bits per heavy atom. The average Bonchev–Trinajstić information content (AvgIpc) is 2.35. The number of nitrogens with one attached hydrogen (secondary N) is 1. The van der Waals surface area contributed by atoms with Gasteiger partial charge in [0, 0.05) is 12.1 Å². The summed E-state index contributed by atoms with van der Waals surface area (Å²) in [6, 6.07) is 0.412. The van der Waals surface area contributed by atoms with E-state index in [0.29, 0.717) is 6.47 Å². The van der Waals surface area contributed by atoms with E-state index in [2.05, 4.69) is 5.43 Å². The van der Waals surface area contributed by atoms with Gasteiger partial charge in [-0.15, -0.1) is 0 Å². The molecule has 1 amide bonds. The zero-order valence-electron chi connectivity index (χ0n) is 13.7. The van der Waals surface area contributed by atoms with Gasteiger partial charge in [0.15, 0.2) is 0 Å². The van der Waals surface area contributed by atoms with E-state index in [1.807, 2.05) is 39.6 Å². The Balaban J connectivity index is 2.54. The van der Waals surface area contributed by atoms with E-state index >= 15 is 0 Å². The Labute approximate surface area is 127 Å². The van der Waals surface area contributed by atoms with Crippen molar-refractivity contribution in [1.29, 1.82) is 0 Å². The van der Waals surface area contributed by atoms with Crippen LogP contribution in [0.15, 0.2) is 0 Å². The number of ether oxygens (including phenoxy) is 2. The molecule has 1 rings (SSSR count). The van der Waals surface area contributed by atoms with Crippen molar-refractivity contribution in [2.24, 2.45) is 0 Å². The minimum absolute atomic E-state index is 0.00860. The molecule has 0 saturated heterocycles. The molecule has 0 atom stereocenters. The number of rotatable bonds is 5. The number of carbonyl (C=O) groups excluding carboxylic acids is 2. The Morgan fingerprint density at radius 2 is 1.81 bits per heavy atom. The monoisotopic (exact) mass is 300 g/mol. The van der Waals surface area contributed by atoms with Crippen LogP contribution in [-0.4, -0.2) is 41.4 Å². The largest absolute Gasteiger partial charge is 0.465 e. The second-order valence-corrected chi connectivity index (χ2v) is 6.78. The van der Waals surface area contributed by atoms with Crippen molar-refractivity contribution in [2.45, 2.75) is 84.1 Å². The molecule has 6 nitrogen and oxygen atoms in total. The minimum Gasteiger partial charge on any atom is -0.465 e. The van der Waals surface area contributed by atoms with E-state index in [1.165, 1.54) is 0 Å². The topological polar surface area (TPSA) is 67.9 Å². The lowest BCUT2D eigenvalue weighted by molar-refractivity contribution is -0.135. The van der Waals surface area contributed by atoms with Crippen molar-refractivity contribution in [3.8, 4) is 0 Å². The van der Waals surface area contributed by atoms with E-state index in [-0.39, 0.29) is 18.2 Å². The van der Waals surface area contributed by atoms with Crippen LogP contribution < -0.4 is 5.43 Å². The maximum atomic E-state index is 11.9. The molecule has 0 radical (unpaired) electrons. The lowest BCUT2D eigenvalue weighted by Crippen LogP contribution is -2.54. The Morgan fingerprint density at radius 1 is 1.24 bits per heavy atom. The second kappa shape index (κ2) is 7.64. The highest BCUT2D eigenvalue weighted by Gasteiger charge is 2.30. The molecule has 0 aliphatic heterocycles. The normalized spacial score (nSPS) is 23.0. The molecule has 0 aromatic rings. The Hall–Kier alpha value is -1.30. The zero-order chi connectivity index (χ0) is 16.0. The van der Waals surface area contributed by atoms with Crippen LogP contribution in [0.3, 0.4) is 0 Å². The standard InChI is InChI=1S/C15H28N2O4/c1-11(2)17(16-14(19)21-15(3,4)5)12-6-8-13(9-7-12)20-10-18/h10-13H,6-9H2,1-5H3,(H,16,19). The predicted octanol–water partition coefficient (Wildman–Crippen LogP) is 2.62. The molecular formula is C15H28N2O4. The maximum Gasteiger partial charge on any atom is 0.422 e. The first kappa shape index (κ1) is 17.8. The summed E-state index contributed by atoms with van der Waals surface area (Å²) >= 11 is 0. The van der Waals surface area contributed by atoms with Crippen LogP contribution in [0.1, 0.15) is 60.3 Å². The summed E-state index contributed by atoms with van der Waals surface area (Å²) in [5, 5.41) is 1.95. The number of amides is 1. The fraction of sp³-hybridized carbons (Fsp3) is 0.867. The average molecular weight is 300 g/mol. The number of hydrogen-bond acceptors (Lipinski definition) is 5. The van der Waals surface area contributed by atoms with Gasteiger partial charge in [-0.25, -0.2) is 9.80 Å². The SMILES string of the molecule is CC(C)N(NC(=O)OC(C)(C)C)C1CCC(OC=O)CC1. The van der Waals surface area contributed by atoms with E-state index < -0.39 is 11.7 Å². The first-order valence-electron chi connectivity index (χ1n) is 7.60. The third kappa shape index (κ3) is 6.33. The molecule has 1 aliphatic rings. The third-order valence-corrected chi connectivity index (χ3v) is 3.46. The van der Waals surface area contributed by atoms with Gasteiger partial charge in [0.25, 0.3) is 6.47 Å². The van der Waals surface area contributed by atoms with Gasteiger partial charge in [-0.2, -0.15) is 0 Å². The van der Waals surface area contributed by atoms with Crippen molar-refractivity contribution >= 4 is 12.6 Å². The molecule has 1 saturated carbocycles. The molecule has 0 aromatic heterocycles. The molecule has 0 aromatic carbocycles. The number of hydrazine groups is 1. The summed E-state index contributed by atoms with van der Waals surface area (Å²) < 4.78 is 10.3. The van der Waals surface area contributed by atoms with Gasteiger partial charge in [-0.05, 0) is 60.3 Å². The smallest absolute Gasteiger partial charge is 0.422 e. The summed E-state index contributed by atoms with van der Waals surface area (Å²) in [6.45, 7) is 10.1. The van der Waals surface area contributed by atoms with Gasteiger partial charge in [-0.1, -0.05) is 0 Å². The van der Waals surface area contributed by atoms with Crippen molar-refractivity contribution in [2.75, 3.05) is 0 Å². The molecule has 1 N–H and O–H groups in total. The highest BCUT2D eigenvalue weighted by Crippen LogP contribution is 2.25. The molecule has 0 unspecified atom stereocenters. The van der Waals surface area contributed by atoms with Gasteiger partial charge in [0.1, 0.15) is 11.7 Å². The predicted molar refractivity (Wildman–Crippen MR) is 79.5 cm³/mol. The first-order valence-corrected chi connectivity index (χ1v) is 7.60. The van der Waals surface area contributed by atoms with Crippen LogP contribution in [0, 0.1) is 0 Å². The summed E-state index contributed by atoms with van der Waals surface area (Å²) in [5.41, 5.74) is 2.34. The summed E-state index contributed by atoms with van der Waals surface area (Å²) in [5.74, 6) is 0. The van der Waals surface area contributed by atoms with Crippen molar-refractivity contribution in [3.63, 3.8) is 0 Å². The van der Waals surface area contributed by atoms with E-state index in [4.69, 9.17) is 9.47 Å². The highest BCUT2D eigenvalue weighted by atomic mass is 16.6. The van der Waals surface area contributed by atoms with Crippen LogP contribution in [0.4, 0.5) is 4.79 Å². The summed E-state index contributed by atoms with van der Waals surface area (Å²) in [7, 11) is 0. The summed E-state index contributed by atoms with van der Waals surface area (Å²) in [4.78, 5) is 22.3. The molecule has 0 spiro atoms. The highest BCUT2D eigenvalue weighted by molar-refractivity contribution is 5.67. The lowest BCUT2D eigenvalue weighted by atomic mass is 9.92. The number of nitrogens with zero attached hydrogens (tertiary/aromatic N) is 1. The molecule has 122 valence electrons. The van der Waals surface area contributed by atoms with E-state index in [9.17, 15) is 9.59 Å². The minimum atomic E-state index is -0.512. The van der Waals surface area contributed by atoms with Gasteiger partial charge >= 0.3 is 6.09 Å². The van der Waals surface area contributed by atoms with Crippen LogP contribution >= 0.6 is 0 Å². The molecule has 1 fully saturated rings. The van der Waals surface area contributed by atoms with Gasteiger partial charge < -0.3 is 9.47 Å². The quantitative estimate of drug-likeness (QED) is 0.624. The number of carbonyl (C=O) groups is 2. The van der Waals surface area contributed by atoms with Crippen LogP contribution in [-0.2, 0) is 14.3 Å². The maximum absolute atomic E-state index is 11.9. The Kier molecular flexibility index (Phi) is 6.45.